The molecule has 0 saturated carbocycles. The Morgan fingerprint density at radius 1 is 1.15 bits per heavy atom. The Kier molecular flexibility index (Phi) is 7.04. The van der Waals surface area contributed by atoms with Gasteiger partial charge in [0.15, 0.2) is 0 Å². The lowest BCUT2D eigenvalue weighted by molar-refractivity contribution is -0.116. The van der Waals surface area contributed by atoms with Crippen LogP contribution in [0.25, 0.3) is 0 Å². The maximum absolute atomic E-state index is 12.6. The van der Waals surface area contributed by atoms with Gasteiger partial charge < -0.3 is 15.0 Å². The molecule has 0 bridgehead atoms. The first kappa shape index (κ1) is 19.8. The lowest BCUT2D eigenvalue weighted by atomic mass is 10.2. The van der Waals surface area contributed by atoms with Crippen molar-refractivity contribution in [1.82, 2.24) is 4.90 Å². The Morgan fingerprint density at radius 3 is 2.58 bits per heavy atom. The van der Waals surface area contributed by atoms with Crippen LogP contribution in [0, 0.1) is 5.92 Å². The predicted molar refractivity (Wildman–Crippen MR) is 104 cm³/mol. The summed E-state index contributed by atoms with van der Waals surface area (Å²) in [5.41, 5.74) is 0.989. The molecule has 2 rings (SSSR count). The summed E-state index contributed by atoms with van der Waals surface area (Å²) in [6.45, 7) is 4.61. The van der Waals surface area contributed by atoms with E-state index in [1.807, 2.05) is 6.07 Å². The van der Waals surface area contributed by atoms with Gasteiger partial charge >= 0.3 is 0 Å². The van der Waals surface area contributed by atoms with Gasteiger partial charge in [0.2, 0.25) is 5.91 Å². The van der Waals surface area contributed by atoms with Gasteiger partial charge in [-0.15, -0.1) is 0 Å². The maximum atomic E-state index is 12.6. The maximum Gasteiger partial charge on any atom is 0.254 e. The van der Waals surface area contributed by atoms with Crippen LogP contribution in [0.1, 0.15) is 24.2 Å². The Balaban J connectivity index is 1.97. The van der Waals surface area contributed by atoms with Gasteiger partial charge in [0, 0.05) is 12.6 Å². The third kappa shape index (κ3) is 5.77. The molecular formula is C20H23ClN2O3. The Labute approximate surface area is 158 Å². The first-order valence-corrected chi connectivity index (χ1v) is 8.77. The molecule has 0 aliphatic rings. The van der Waals surface area contributed by atoms with Crippen molar-refractivity contribution in [2.75, 3.05) is 25.5 Å². The van der Waals surface area contributed by atoms with Crippen LogP contribution < -0.4 is 10.1 Å². The third-order valence-corrected chi connectivity index (χ3v) is 3.87. The van der Waals surface area contributed by atoms with Crippen LogP contribution in [0.3, 0.4) is 0 Å². The second kappa shape index (κ2) is 9.25. The molecule has 0 atom stereocenters. The molecule has 0 unspecified atom stereocenters. The summed E-state index contributed by atoms with van der Waals surface area (Å²) in [6, 6.07) is 13.9. The number of nitrogens with one attached hydrogen (secondary N) is 1. The van der Waals surface area contributed by atoms with E-state index in [4.69, 9.17) is 16.3 Å². The molecule has 6 heteroatoms. The SMILES string of the molecule is CC(C)COc1cccc(C(=O)N(C)CC(=O)Nc2ccccc2Cl)c1. The fraction of sp³-hybridized carbons (Fsp3) is 0.300. The van der Waals surface area contributed by atoms with Crippen LogP contribution >= 0.6 is 11.6 Å². The molecule has 0 saturated heterocycles. The minimum Gasteiger partial charge on any atom is -0.493 e. The highest BCUT2D eigenvalue weighted by molar-refractivity contribution is 6.33. The number of para-hydroxylation sites is 1. The predicted octanol–water partition coefficient (Wildman–Crippen LogP) is 4.09. The number of halogens is 1. The lowest BCUT2D eigenvalue weighted by Gasteiger charge is -2.18. The van der Waals surface area contributed by atoms with Gasteiger partial charge in [0.05, 0.1) is 23.9 Å². The molecule has 0 fully saturated rings. The molecule has 1 N–H and O–H groups in total. The first-order chi connectivity index (χ1) is 12.4. The van der Waals surface area contributed by atoms with Gasteiger partial charge in [-0.05, 0) is 36.2 Å². The number of amides is 2. The van der Waals surface area contributed by atoms with Crippen molar-refractivity contribution in [3.63, 3.8) is 0 Å². The molecule has 0 spiro atoms. The van der Waals surface area contributed by atoms with E-state index in [2.05, 4.69) is 19.2 Å². The number of hydrogen-bond acceptors (Lipinski definition) is 3. The van der Waals surface area contributed by atoms with Gasteiger partial charge in [-0.2, -0.15) is 0 Å². The second-order valence-corrected chi connectivity index (χ2v) is 6.83. The molecule has 2 aromatic rings. The van der Waals surface area contributed by atoms with E-state index in [0.717, 1.165) is 0 Å². The highest BCUT2D eigenvalue weighted by Crippen LogP contribution is 2.20. The third-order valence-electron chi connectivity index (χ3n) is 3.54. The molecule has 0 radical (unpaired) electrons. The van der Waals surface area contributed by atoms with Gasteiger partial charge in [-0.3, -0.25) is 9.59 Å². The van der Waals surface area contributed by atoms with E-state index in [-0.39, 0.29) is 18.4 Å². The van der Waals surface area contributed by atoms with Gasteiger partial charge in [0.25, 0.3) is 5.91 Å². The monoisotopic (exact) mass is 374 g/mol. The summed E-state index contributed by atoms with van der Waals surface area (Å²) in [6.07, 6.45) is 0. The number of nitrogens with zero attached hydrogens (tertiary/aromatic N) is 1. The normalized spacial score (nSPS) is 10.5. The molecule has 5 nitrogen and oxygen atoms in total. The fourth-order valence-electron chi connectivity index (χ4n) is 2.24. The Bertz CT molecular complexity index is 777. The standard InChI is InChI=1S/C20H23ClN2O3/c1-14(2)13-26-16-8-6-7-15(11-16)20(25)23(3)12-19(24)22-18-10-5-4-9-17(18)21/h4-11,14H,12-13H2,1-3H3,(H,22,24). The average molecular weight is 375 g/mol. The zero-order valence-electron chi connectivity index (χ0n) is 15.2. The van der Waals surface area contributed by atoms with Gasteiger partial charge in [0.1, 0.15) is 5.75 Å². The van der Waals surface area contributed by atoms with Crippen molar-refractivity contribution in [3.05, 3.63) is 59.1 Å². The van der Waals surface area contributed by atoms with Gasteiger partial charge in [-0.1, -0.05) is 43.6 Å². The number of anilines is 1. The number of carbonyl (C=O) groups excluding carboxylic acids is 2. The fourth-order valence-corrected chi connectivity index (χ4v) is 2.42. The van der Waals surface area contributed by atoms with Crippen LogP contribution in [0.5, 0.6) is 5.75 Å². The van der Waals surface area contributed by atoms with Crippen molar-refractivity contribution >= 4 is 29.1 Å². The van der Waals surface area contributed by atoms with E-state index in [1.54, 1.807) is 49.5 Å². The lowest BCUT2D eigenvalue weighted by Crippen LogP contribution is -2.35. The Morgan fingerprint density at radius 2 is 1.88 bits per heavy atom. The quantitative estimate of drug-likeness (QED) is 0.794. The van der Waals surface area contributed by atoms with Crippen LogP contribution in [-0.4, -0.2) is 36.9 Å². The zero-order chi connectivity index (χ0) is 19.1. The highest BCUT2D eigenvalue weighted by atomic mass is 35.5. The molecule has 138 valence electrons. The summed E-state index contributed by atoms with van der Waals surface area (Å²) >= 11 is 6.02. The van der Waals surface area contributed by atoms with E-state index in [1.165, 1.54) is 4.90 Å². The van der Waals surface area contributed by atoms with E-state index >= 15 is 0 Å². The largest absolute Gasteiger partial charge is 0.493 e. The van der Waals surface area contributed by atoms with E-state index < -0.39 is 0 Å². The van der Waals surface area contributed by atoms with Crippen LogP contribution in [0.15, 0.2) is 48.5 Å². The topological polar surface area (TPSA) is 58.6 Å². The minimum atomic E-state index is -0.318. The number of likely N-dealkylation sites (N-methyl/N-ethyl adjacent to an activating group) is 1. The van der Waals surface area contributed by atoms with Crippen LogP contribution in [0.2, 0.25) is 5.02 Å². The summed E-state index contributed by atoms with van der Waals surface area (Å²) in [4.78, 5) is 26.1. The number of ether oxygens (including phenoxy) is 1. The van der Waals surface area contributed by atoms with Crippen molar-refractivity contribution in [2.24, 2.45) is 5.92 Å². The molecule has 2 aromatic carbocycles. The summed E-state index contributed by atoms with van der Waals surface area (Å²) < 4.78 is 5.65. The second-order valence-electron chi connectivity index (χ2n) is 6.42. The van der Waals surface area contributed by atoms with E-state index in [0.29, 0.717) is 34.5 Å². The van der Waals surface area contributed by atoms with Crippen LogP contribution in [-0.2, 0) is 4.79 Å². The average Bonchev–Trinajstić information content (AvgIpc) is 2.61. The zero-order valence-corrected chi connectivity index (χ0v) is 15.9. The molecule has 0 aliphatic heterocycles. The molecule has 0 aromatic heterocycles. The van der Waals surface area contributed by atoms with E-state index in [9.17, 15) is 9.59 Å². The summed E-state index contributed by atoms with van der Waals surface area (Å²) in [7, 11) is 1.58. The minimum absolute atomic E-state index is 0.0822. The Hall–Kier alpha value is -2.53. The molecule has 0 heterocycles. The van der Waals surface area contributed by atoms with Crippen molar-refractivity contribution in [3.8, 4) is 5.75 Å². The molecule has 0 aliphatic carbocycles. The van der Waals surface area contributed by atoms with Crippen molar-refractivity contribution < 1.29 is 14.3 Å². The highest BCUT2D eigenvalue weighted by Gasteiger charge is 2.16. The number of carbonyl (C=O) groups is 2. The molecule has 2 amide bonds. The summed E-state index contributed by atoms with van der Waals surface area (Å²) in [5.74, 6) is 0.458. The molecule has 26 heavy (non-hydrogen) atoms. The summed E-state index contributed by atoms with van der Waals surface area (Å²) in [5, 5.41) is 3.15. The van der Waals surface area contributed by atoms with Gasteiger partial charge in [-0.25, -0.2) is 0 Å². The number of rotatable bonds is 7. The van der Waals surface area contributed by atoms with Crippen molar-refractivity contribution in [1.29, 1.82) is 0 Å². The smallest absolute Gasteiger partial charge is 0.254 e. The van der Waals surface area contributed by atoms with Crippen LogP contribution in [0.4, 0.5) is 5.69 Å². The molecular weight excluding hydrogens is 352 g/mol. The first-order valence-electron chi connectivity index (χ1n) is 8.39. The number of benzene rings is 2. The van der Waals surface area contributed by atoms with Crippen molar-refractivity contribution in [2.45, 2.75) is 13.8 Å². The number of hydrogen-bond donors (Lipinski definition) is 1.